The molecule has 3 amide bonds. The molecule has 0 atom stereocenters. The van der Waals surface area contributed by atoms with Crippen LogP contribution in [0.2, 0.25) is 0 Å². The van der Waals surface area contributed by atoms with Crippen LogP contribution in [0.4, 0.5) is 10.5 Å². The Morgan fingerprint density at radius 3 is 2.44 bits per heavy atom. The van der Waals surface area contributed by atoms with Gasteiger partial charge in [-0.2, -0.15) is 0 Å². The molecular formula is C23H25N3O5S. The Bertz CT molecular complexity index is 1020. The van der Waals surface area contributed by atoms with Crippen molar-refractivity contribution in [2.45, 2.75) is 25.8 Å². The zero-order valence-electron chi connectivity index (χ0n) is 18.0. The Balaban J connectivity index is 1.56. The van der Waals surface area contributed by atoms with E-state index in [-0.39, 0.29) is 29.6 Å². The number of nitrogens with one attached hydrogen (secondary N) is 1. The summed E-state index contributed by atoms with van der Waals surface area (Å²) in [7, 11) is 1.59. The Morgan fingerprint density at radius 2 is 1.84 bits per heavy atom. The molecule has 2 aromatic rings. The Hall–Kier alpha value is -3.33. The van der Waals surface area contributed by atoms with Crippen LogP contribution < -0.4 is 10.1 Å². The molecule has 4 rings (SSSR count). The maximum absolute atomic E-state index is 13.4. The van der Waals surface area contributed by atoms with E-state index in [2.05, 4.69) is 5.32 Å². The predicted molar refractivity (Wildman–Crippen MR) is 121 cm³/mol. The molecule has 168 valence electrons. The van der Waals surface area contributed by atoms with E-state index in [1.54, 1.807) is 43.2 Å². The lowest BCUT2D eigenvalue weighted by molar-refractivity contribution is -0.140. The first-order valence-electron chi connectivity index (χ1n) is 10.5. The monoisotopic (exact) mass is 455 g/mol. The highest BCUT2D eigenvalue weighted by atomic mass is 32.1. The fourth-order valence-corrected chi connectivity index (χ4v) is 4.75. The van der Waals surface area contributed by atoms with Crippen molar-refractivity contribution in [3.8, 4) is 5.75 Å². The van der Waals surface area contributed by atoms with Crippen molar-refractivity contribution >= 4 is 40.5 Å². The average molecular weight is 456 g/mol. The number of nitrogens with zero attached hydrogens (tertiary/aromatic N) is 2. The largest absolute Gasteiger partial charge is 0.497 e. The standard InChI is InChI=1S/C23H25N3O5S/c1-3-31-23(29)25-12-10-16(11-13-25)26-21(27)19(18-5-4-14-32-18)20(22(26)28)24-15-6-8-17(30-2)9-7-15/h4-9,14,16,24H,3,10-13H2,1-2H3. The zero-order valence-corrected chi connectivity index (χ0v) is 18.8. The Kier molecular flexibility index (Phi) is 6.45. The lowest BCUT2D eigenvalue weighted by Crippen LogP contribution is -2.49. The predicted octanol–water partition coefficient (Wildman–Crippen LogP) is 3.57. The highest BCUT2D eigenvalue weighted by Crippen LogP contribution is 2.35. The van der Waals surface area contributed by atoms with Gasteiger partial charge in [0.05, 0.1) is 19.3 Å². The van der Waals surface area contributed by atoms with Crippen LogP contribution in [-0.4, -0.2) is 60.6 Å². The molecule has 8 nitrogen and oxygen atoms in total. The van der Waals surface area contributed by atoms with Gasteiger partial charge in [0.25, 0.3) is 11.8 Å². The molecule has 0 unspecified atom stereocenters. The van der Waals surface area contributed by atoms with E-state index in [0.717, 1.165) is 4.88 Å². The molecule has 3 heterocycles. The van der Waals surface area contributed by atoms with Crippen LogP contribution in [0.25, 0.3) is 5.57 Å². The molecule has 1 aromatic carbocycles. The number of likely N-dealkylation sites (tertiary alicyclic amines) is 1. The van der Waals surface area contributed by atoms with Crippen molar-refractivity contribution in [1.29, 1.82) is 0 Å². The molecule has 0 bridgehead atoms. The first-order valence-corrected chi connectivity index (χ1v) is 11.4. The third kappa shape index (κ3) is 4.20. The van der Waals surface area contributed by atoms with E-state index in [1.807, 2.05) is 17.5 Å². The number of hydrogen-bond acceptors (Lipinski definition) is 7. The van der Waals surface area contributed by atoms with Gasteiger partial charge in [0, 0.05) is 29.7 Å². The second-order valence-corrected chi connectivity index (χ2v) is 8.43. The molecule has 1 N–H and O–H groups in total. The van der Waals surface area contributed by atoms with Crippen molar-refractivity contribution in [3.63, 3.8) is 0 Å². The molecule has 2 aliphatic rings. The summed E-state index contributed by atoms with van der Waals surface area (Å²) < 4.78 is 10.3. The molecule has 2 aliphatic heterocycles. The smallest absolute Gasteiger partial charge is 0.409 e. The quantitative estimate of drug-likeness (QED) is 0.670. The molecule has 0 aliphatic carbocycles. The van der Waals surface area contributed by atoms with Gasteiger partial charge in [-0.1, -0.05) is 6.07 Å². The van der Waals surface area contributed by atoms with Gasteiger partial charge in [0.2, 0.25) is 0 Å². The first kappa shape index (κ1) is 21.9. The SMILES string of the molecule is CCOC(=O)N1CCC(N2C(=O)C(Nc3ccc(OC)cc3)=C(c3cccs3)C2=O)CC1. The number of rotatable bonds is 6. The summed E-state index contributed by atoms with van der Waals surface area (Å²) >= 11 is 1.42. The van der Waals surface area contributed by atoms with Crippen LogP contribution in [0.3, 0.4) is 0 Å². The minimum absolute atomic E-state index is 0.272. The van der Waals surface area contributed by atoms with E-state index >= 15 is 0 Å². The van der Waals surface area contributed by atoms with E-state index in [0.29, 0.717) is 49.5 Å². The molecule has 0 spiro atoms. The number of hydrogen-bond donors (Lipinski definition) is 1. The van der Waals surface area contributed by atoms with E-state index < -0.39 is 0 Å². The highest BCUT2D eigenvalue weighted by Gasteiger charge is 2.44. The second kappa shape index (κ2) is 9.44. The molecule has 9 heteroatoms. The van der Waals surface area contributed by atoms with Gasteiger partial charge < -0.3 is 19.7 Å². The number of methoxy groups -OCH3 is 1. The van der Waals surface area contributed by atoms with E-state index in [1.165, 1.54) is 16.2 Å². The summed E-state index contributed by atoms with van der Waals surface area (Å²) in [6, 6.07) is 10.6. The molecule has 1 saturated heterocycles. The van der Waals surface area contributed by atoms with Gasteiger partial charge in [-0.05, 0) is 55.5 Å². The van der Waals surface area contributed by atoms with Crippen LogP contribution in [0.15, 0.2) is 47.5 Å². The Morgan fingerprint density at radius 1 is 1.12 bits per heavy atom. The summed E-state index contributed by atoms with van der Waals surface area (Å²) in [5.74, 6) is 0.0543. The number of carbonyl (C=O) groups is 3. The van der Waals surface area contributed by atoms with Crippen LogP contribution in [0, 0.1) is 0 Å². The lowest BCUT2D eigenvalue weighted by atomic mass is 10.0. The van der Waals surface area contributed by atoms with Crippen molar-refractivity contribution in [3.05, 3.63) is 52.4 Å². The summed E-state index contributed by atoms with van der Waals surface area (Å²) in [6.45, 7) is 2.96. The van der Waals surface area contributed by atoms with E-state index in [4.69, 9.17) is 9.47 Å². The van der Waals surface area contributed by atoms with Gasteiger partial charge in [-0.3, -0.25) is 14.5 Å². The normalized spacial score (nSPS) is 17.2. The van der Waals surface area contributed by atoms with Gasteiger partial charge >= 0.3 is 6.09 Å². The molecule has 0 radical (unpaired) electrons. The van der Waals surface area contributed by atoms with Crippen LogP contribution in [0.5, 0.6) is 5.75 Å². The summed E-state index contributed by atoms with van der Waals surface area (Å²) in [4.78, 5) is 42.6. The molecule has 32 heavy (non-hydrogen) atoms. The summed E-state index contributed by atoms with van der Waals surface area (Å²) in [5, 5.41) is 5.04. The zero-order chi connectivity index (χ0) is 22.7. The number of benzene rings is 1. The van der Waals surface area contributed by atoms with Gasteiger partial charge in [-0.15, -0.1) is 11.3 Å². The number of ether oxygens (including phenoxy) is 2. The number of piperidine rings is 1. The third-order valence-corrected chi connectivity index (χ3v) is 6.49. The minimum Gasteiger partial charge on any atom is -0.497 e. The topological polar surface area (TPSA) is 88.2 Å². The lowest BCUT2D eigenvalue weighted by Gasteiger charge is -2.35. The average Bonchev–Trinajstić information content (AvgIpc) is 3.41. The van der Waals surface area contributed by atoms with Crippen molar-refractivity contribution in [1.82, 2.24) is 9.80 Å². The highest BCUT2D eigenvalue weighted by molar-refractivity contribution is 7.11. The molecule has 1 aromatic heterocycles. The maximum Gasteiger partial charge on any atom is 0.409 e. The van der Waals surface area contributed by atoms with Gasteiger partial charge in [0.15, 0.2) is 0 Å². The number of imide groups is 1. The van der Waals surface area contributed by atoms with Crippen molar-refractivity contribution in [2.75, 3.05) is 32.1 Å². The maximum atomic E-state index is 13.4. The van der Waals surface area contributed by atoms with Crippen molar-refractivity contribution < 1.29 is 23.9 Å². The summed E-state index contributed by atoms with van der Waals surface area (Å²) in [5.41, 5.74) is 1.35. The molecular weight excluding hydrogens is 430 g/mol. The van der Waals surface area contributed by atoms with E-state index in [9.17, 15) is 14.4 Å². The van der Waals surface area contributed by atoms with Crippen LogP contribution in [-0.2, 0) is 14.3 Å². The molecule has 1 fully saturated rings. The number of anilines is 1. The molecule has 0 saturated carbocycles. The van der Waals surface area contributed by atoms with Crippen molar-refractivity contribution in [2.24, 2.45) is 0 Å². The second-order valence-electron chi connectivity index (χ2n) is 7.48. The number of amides is 3. The van der Waals surface area contributed by atoms with Gasteiger partial charge in [-0.25, -0.2) is 4.79 Å². The first-order chi connectivity index (χ1) is 15.5. The third-order valence-electron chi connectivity index (χ3n) is 5.60. The number of carbonyl (C=O) groups excluding carboxylic acids is 3. The van der Waals surface area contributed by atoms with Gasteiger partial charge in [0.1, 0.15) is 11.4 Å². The minimum atomic E-state index is -0.357. The fourth-order valence-electron chi connectivity index (χ4n) is 3.98. The summed E-state index contributed by atoms with van der Waals surface area (Å²) in [6.07, 6.45) is 0.678. The Labute approximate surface area is 190 Å². The number of thiophene rings is 1. The van der Waals surface area contributed by atoms with Crippen LogP contribution >= 0.6 is 11.3 Å². The fraction of sp³-hybridized carbons (Fsp3) is 0.348. The van der Waals surface area contributed by atoms with Crippen LogP contribution in [0.1, 0.15) is 24.6 Å².